The SMILES string of the molecule is CC=C(c1cccc(OCc2ccc(OC)cc2)c1)[C@@H](C)CN(C)C.Cl. The fourth-order valence-electron chi connectivity index (χ4n) is 3.04. The first-order valence-electron chi connectivity index (χ1n) is 8.70. The summed E-state index contributed by atoms with van der Waals surface area (Å²) in [5, 5.41) is 0. The molecule has 26 heavy (non-hydrogen) atoms. The molecule has 142 valence electrons. The molecular formula is C22H30ClNO2. The zero-order chi connectivity index (χ0) is 18.2. The van der Waals surface area contributed by atoms with E-state index in [9.17, 15) is 0 Å². The van der Waals surface area contributed by atoms with Gasteiger partial charge in [-0.15, -0.1) is 12.4 Å². The van der Waals surface area contributed by atoms with Crippen LogP contribution in [0, 0.1) is 5.92 Å². The van der Waals surface area contributed by atoms with Gasteiger partial charge in [0.15, 0.2) is 0 Å². The van der Waals surface area contributed by atoms with E-state index < -0.39 is 0 Å². The summed E-state index contributed by atoms with van der Waals surface area (Å²) in [4.78, 5) is 2.22. The topological polar surface area (TPSA) is 21.7 Å². The summed E-state index contributed by atoms with van der Waals surface area (Å²) in [6.07, 6.45) is 2.21. The largest absolute Gasteiger partial charge is 0.497 e. The molecule has 0 aliphatic heterocycles. The van der Waals surface area contributed by atoms with Gasteiger partial charge in [-0.1, -0.05) is 37.3 Å². The summed E-state index contributed by atoms with van der Waals surface area (Å²) in [5.74, 6) is 2.22. The van der Waals surface area contributed by atoms with Gasteiger partial charge in [-0.2, -0.15) is 0 Å². The summed E-state index contributed by atoms with van der Waals surface area (Å²) >= 11 is 0. The third-order valence-corrected chi connectivity index (χ3v) is 4.21. The molecule has 0 spiro atoms. The number of allylic oxidation sites excluding steroid dienone is 1. The predicted octanol–water partition coefficient (Wildman–Crippen LogP) is 5.30. The van der Waals surface area contributed by atoms with Crippen LogP contribution in [0.1, 0.15) is 25.0 Å². The lowest BCUT2D eigenvalue weighted by Gasteiger charge is -2.20. The zero-order valence-corrected chi connectivity index (χ0v) is 17.2. The van der Waals surface area contributed by atoms with Crippen molar-refractivity contribution in [1.29, 1.82) is 0 Å². The third-order valence-electron chi connectivity index (χ3n) is 4.21. The molecule has 3 nitrogen and oxygen atoms in total. The average Bonchev–Trinajstić information content (AvgIpc) is 2.61. The van der Waals surface area contributed by atoms with Crippen LogP contribution >= 0.6 is 12.4 Å². The summed E-state index contributed by atoms with van der Waals surface area (Å²) in [5.41, 5.74) is 3.70. The van der Waals surface area contributed by atoms with Crippen LogP contribution in [0.2, 0.25) is 0 Å². The molecular weight excluding hydrogens is 346 g/mol. The molecule has 0 bridgehead atoms. The van der Waals surface area contributed by atoms with Crippen LogP contribution in [0.15, 0.2) is 54.6 Å². The predicted molar refractivity (Wildman–Crippen MR) is 112 cm³/mol. The molecule has 0 aliphatic rings. The van der Waals surface area contributed by atoms with Crippen molar-refractivity contribution in [2.24, 2.45) is 5.92 Å². The maximum absolute atomic E-state index is 5.98. The van der Waals surface area contributed by atoms with Crippen LogP contribution in [-0.4, -0.2) is 32.6 Å². The van der Waals surface area contributed by atoms with Gasteiger partial charge < -0.3 is 14.4 Å². The van der Waals surface area contributed by atoms with E-state index >= 15 is 0 Å². The van der Waals surface area contributed by atoms with E-state index in [1.165, 1.54) is 11.1 Å². The Hall–Kier alpha value is -1.97. The lowest BCUT2D eigenvalue weighted by molar-refractivity contribution is 0.306. The van der Waals surface area contributed by atoms with Gasteiger partial charge in [-0.3, -0.25) is 0 Å². The summed E-state index contributed by atoms with van der Waals surface area (Å²) in [6, 6.07) is 16.3. The summed E-state index contributed by atoms with van der Waals surface area (Å²) in [6.45, 7) is 5.94. The average molecular weight is 376 g/mol. The van der Waals surface area contributed by atoms with Crippen molar-refractivity contribution < 1.29 is 9.47 Å². The van der Waals surface area contributed by atoms with Crippen molar-refractivity contribution in [3.05, 3.63) is 65.7 Å². The number of benzene rings is 2. The molecule has 0 amide bonds. The van der Waals surface area contributed by atoms with Crippen LogP contribution in [0.25, 0.3) is 5.57 Å². The minimum atomic E-state index is 0. The number of nitrogens with zero attached hydrogens (tertiary/aromatic N) is 1. The number of halogens is 1. The summed E-state index contributed by atoms with van der Waals surface area (Å²) in [7, 11) is 5.89. The monoisotopic (exact) mass is 375 g/mol. The standard InChI is InChI=1S/C22H29NO2.ClH/c1-6-22(17(2)15-23(3)4)19-8-7-9-21(14-19)25-16-18-10-12-20(24-5)13-11-18;/h6-14,17H,15-16H2,1-5H3;1H/t17-;/m0./s1. The minimum absolute atomic E-state index is 0. The Kier molecular flexibility index (Phi) is 9.25. The van der Waals surface area contributed by atoms with E-state index in [2.05, 4.69) is 57.1 Å². The first kappa shape index (κ1) is 22.1. The molecule has 0 heterocycles. The molecule has 0 saturated carbocycles. The maximum atomic E-state index is 5.98. The van der Waals surface area contributed by atoms with Gasteiger partial charge in [-0.25, -0.2) is 0 Å². The highest BCUT2D eigenvalue weighted by Gasteiger charge is 2.12. The molecule has 0 saturated heterocycles. The van der Waals surface area contributed by atoms with E-state index in [4.69, 9.17) is 9.47 Å². The van der Waals surface area contributed by atoms with Gasteiger partial charge in [0, 0.05) is 6.54 Å². The lowest BCUT2D eigenvalue weighted by atomic mass is 9.93. The minimum Gasteiger partial charge on any atom is -0.497 e. The van der Waals surface area contributed by atoms with Gasteiger partial charge in [0.05, 0.1) is 7.11 Å². The van der Waals surface area contributed by atoms with Crippen molar-refractivity contribution in [3.63, 3.8) is 0 Å². The molecule has 0 fully saturated rings. The lowest BCUT2D eigenvalue weighted by Crippen LogP contribution is -2.20. The molecule has 0 aromatic heterocycles. The number of ether oxygens (including phenoxy) is 2. The second-order valence-corrected chi connectivity index (χ2v) is 6.57. The first-order valence-corrected chi connectivity index (χ1v) is 8.70. The molecule has 2 rings (SSSR count). The summed E-state index contributed by atoms with van der Waals surface area (Å²) < 4.78 is 11.2. The molecule has 2 aromatic carbocycles. The molecule has 0 unspecified atom stereocenters. The van der Waals surface area contributed by atoms with Crippen LogP contribution in [-0.2, 0) is 6.61 Å². The number of rotatable bonds is 8. The van der Waals surface area contributed by atoms with Crippen LogP contribution < -0.4 is 9.47 Å². The van der Waals surface area contributed by atoms with E-state index in [1.54, 1.807) is 7.11 Å². The Morgan fingerprint density at radius 2 is 1.77 bits per heavy atom. The maximum Gasteiger partial charge on any atom is 0.120 e. The Balaban J connectivity index is 0.00000338. The molecule has 0 aliphatic carbocycles. The van der Waals surface area contributed by atoms with Crippen LogP contribution in [0.5, 0.6) is 11.5 Å². The highest BCUT2D eigenvalue weighted by Crippen LogP contribution is 2.27. The van der Waals surface area contributed by atoms with Gasteiger partial charge in [-0.05, 0) is 67.9 Å². The Labute approximate surface area is 164 Å². The van der Waals surface area contributed by atoms with Gasteiger partial charge in [0.1, 0.15) is 18.1 Å². The molecule has 1 atom stereocenters. The second-order valence-electron chi connectivity index (χ2n) is 6.57. The molecule has 4 heteroatoms. The number of methoxy groups -OCH3 is 1. The van der Waals surface area contributed by atoms with Crippen molar-refractivity contribution >= 4 is 18.0 Å². The van der Waals surface area contributed by atoms with Gasteiger partial charge in [0.2, 0.25) is 0 Å². The Bertz CT molecular complexity index is 696. The Morgan fingerprint density at radius 1 is 1.08 bits per heavy atom. The highest BCUT2D eigenvalue weighted by atomic mass is 35.5. The first-order chi connectivity index (χ1) is 12.0. The highest BCUT2D eigenvalue weighted by molar-refractivity contribution is 5.85. The number of hydrogen-bond donors (Lipinski definition) is 0. The zero-order valence-electron chi connectivity index (χ0n) is 16.4. The molecule has 0 N–H and O–H groups in total. The molecule has 2 aromatic rings. The normalized spacial score (nSPS) is 12.5. The molecule has 0 radical (unpaired) electrons. The van der Waals surface area contributed by atoms with Crippen molar-refractivity contribution in [2.75, 3.05) is 27.7 Å². The van der Waals surface area contributed by atoms with Crippen molar-refractivity contribution in [1.82, 2.24) is 4.90 Å². The van der Waals surface area contributed by atoms with Gasteiger partial charge in [0.25, 0.3) is 0 Å². The van der Waals surface area contributed by atoms with E-state index in [0.29, 0.717) is 12.5 Å². The third kappa shape index (κ3) is 6.40. The Morgan fingerprint density at radius 3 is 2.35 bits per heavy atom. The second kappa shape index (κ2) is 10.9. The van der Waals surface area contributed by atoms with E-state index in [1.807, 2.05) is 30.3 Å². The van der Waals surface area contributed by atoms with Crippen molar-refractivity contribution in [2.45, 2.75) is 20.5 Å². The van der Waals surface area contributed by atoms with Crippen LogP contribution in [0.3, 0.4) is 0 Å². The van der Waals surface area contributed by atoms with Crippen LogP contribution in [0.4, 0.5) is 0 Å². The van der Waals surface area contributed by atoms with Gasteiger partial charge >= 0.3 is 0 Å². The number of hydrogen-bond acceptors (Lipinski definition) is 3. The smallest absolute Gasteiger partial charge is 0.120 e. The van der Waals surface area contributed by atoms with E-state index in [-0.39, 0.29) is 12.4 Å². The van der Waals surface area contributed by atoms with Crippen molar-refractivity contribution in [3.8, 4) is 11.5 Å². The quantitative estimate of drug-likeness (QED) is 0.625. The fraction of sp³-hybridized carbons (Fsp3) is 0.364. The van der Waals surface area contributed by atoms with E-state index in [0.717, 1.165) is 23.6 Å². The fourth-order valence-corrected chi connectivity index (χ4v) is 3.04.